The van der Waals surface area contributed by atoms with Gasteiger partial charge in [0.25, 0.3) is 5.91 Å². The molecule has 1 aromatic heterocycles. The van der Waals surface area contributed by atoms with Gasteiger partial charge in [-0.2, -0.15) is 0 Å². The molecule has 1 fully saturated rings. The highest BCUT2D eigenvalue weighted by atomic mass is 16.1. The number of carbonyl (C=O) groups is 1. The van der Waals surface area contributed by atoms with Crippen LogP contribution in [0.25, 0.3) is 10.9 Å². The predicted molar refractivity (Wildman–Crippen MR) is 71.7 cm³/mol. The number of hydrogen-bond donors (Lipinski definition) is 3. The molecule has 2 heterocycles. The molecule has 0 unspecified atom stereocenters. The summed E-state index contributed by atoms with van der Waals surface area (Å²) in [4.78, 5) is 15.3. The lowest BCUT2D eigenvalue weighted by Gasteiger charge is -2.23. The van der Waals surface area contributed by atoms with Gasteiger partial charge < -0.3 is 15.6 Å². The number of piperidine rings is 1. The van der Waals surface area contributed by atoms with Crippen LogP contribution in [0.2, 0.25) is 0 Å². The number of aromatic amines is 1. The van der Waals surface area contributed by atoms with E-state index in [9.17, 15) is 4.79 Å². The van der Waals surface area contributed by atoms with Gasteiger partial charge in [0.2, 0.25) is 0 Å². The second-order valence-electron chi connectivity index (χ2n) is 4.79. The average molecular weight is 243 g/mol. The van der Waals surface area contributed by atoms with Crippen LogP contribution >= 0.6 is 0 Å². The Hall–Kier alpha value is -1.81. The maximum atomic E-state index is 12.1. The molecule has 94 valence electrons. The first kappa shape index (κ1) is 11.3. The summed E-state index contributed by atoms with van der Waals surface area (Å²) in [6.45, 7) is 1.92. The molecule has 4 heteroatoms. The van der Waals surface area contributed by atoms with Crippen LogP contribution in [0.1, 0.15) is 23.3 Å². The zero-order valence-electron chi connectivity index (χ0n) is 10.2. The molecule has 1 atom stereocenters. The SMILES string of the molecule is O=C(N[C@H]1CCCNC1)c1cc2ccccc2[nH]1. The number of aromatic nitrogens is 1. The largest absolute Gasteiger partial charge is 0.351 e. The van der Waals surface area contributed by atoms with Gasteiger partial charge in [-0.05, 0) is 31.5 Å². The lowest BCUT2D eigenvalue weighted by molar-refractivity contribution is 0.0926. The van der Waals surface area contributed by atoms with Crippen molar-refractivity contribution in [1.29, 1.82) is 0 Å². The van der Waals surface area contributed by atoms with Crippen LogP contribution in [0.4, 0.5) is 0 Å². The molecule has 1 aliphatic heterocycles. The van der Waals surface area contributed by atoms with E-state index in [1.807, 2.05) is 30.3 Å². The van der Waals surface area contributed by atoms with Crippen molar-refractivity contribution < 1.29 is 4.79 Å². The number of hydrogen-bond acceptors (Lipinski definition) is 2. The van der Waals surface area contributed by atoms with Gasteiger partial charge in [0.1, 0.15) is 5.69 Å². The Morgan fingerprint density at radius 1 is 1.33 bits per heavy atom. The highest BCUT2D eigenvalue weighted by Gasteiger charge is 2.17. The fourth-order valence-electron chi connectivity index (χ4n) is 2.43. The first-order chi connectivity index (χ1) is 8.83. The van der Waals surface area contributed by atoms with Crippen LogP contribution in [-0.4, -0.2) is 30.0 Å². The van der Waals surface area contributed by atoms with E-state index in [2.05, 4.69) is 15.6 Å². The van der Waals surface area contributed by atoms with Crippen LogP contribution in [0, 0.1) is 0 Å². The zero-order chi connectivity index (χ0) is 12.4. The fourth-order valence-corrected chi connectivity index (χ4v) is 2.43. The van der Waals surface area contributed by atoms with E-state index >= 15 is 0 Å². The summed E-state index contributed by atoms with van der Waals surface area (Å²) in [5, 5.41) is 7.43. The number of carbonyl (C=O) groups excluding carboxylic acids is 1. The van der Waals surface area contributed by atoms with Crippen molar-refractivity contribution in [1.82, 2.24) is 15.6 Å². The van der Waals surface area contributed by atoms with Crippen LogP contribution in [0.3, 0.4) is 0 Å². The van der Waals surface area contributed by atoms with Crippen molar-refractivity contribution in [3.05, 3.63) is 36.0 Å². The maximum absolute atomic E-state index is 12.1. The van der Waals surface area contributed by atoms with Crippen LogP contribution in [0.15, 0.2) is 30.3 Å². The second-order valence-corrected chi connectivity index (χ2v) is 4.79. The molecule has 3 N–H and O–H groups in total. The lowest BCUT2D eigenvalue weighted by atomic mass is 10.1. The first-order valence-electron chi connectivity index (χ1n) is 6.42. The Kier molecular flexibility index (Phi) is 3.02. The summed E-state index contributed by atoms with van der Waals surface area (Å²) < 4.78 is 0. The molecule has 18 heavy (non-hydrogen) atoms. The van der Waals surface area contributed by atoms with Crippen LogP contribution < -0.4 is 10.6 Å². The van der Waals surface area contributed by atoms with Crippen molar-refractivity contribution in [2.45, 2.75) is 18.9 Å². The number of H-pyrrole nitrogens is 1. The molecule has 2 aromatic rings. The topological polar surface area (TPSA) is 56.9 Å². The van der Waals surface area contributed by atoms with Gasteiger partial charge in [0.05, 0.1) is 0 Å². The Balaban J connectivity index is 1.74. The minimum atomic E-state index is -0.0140. The third kappa shape index (κ3) is 2.24. The van der Waals surface area contributed by atoms with Gasteiger partial charge >= 0.3 is 0 Å². The summed E-state index contributed by atoms with van der Waals surface area (Å²) in [7, 11) is 0. The quantitative estimate of drug-likeness (QED) is 0.751. The minimum Gasteiger partial charge on any atom is -0.351 e. The number of rotatable bonds is 2. The molecule has 1 aromatic carbocycles. The molecule has 1 amide bonds. The molecule has 1 aliphatic rings. The lowest BCUT2D eigenvalue weighted by Crippen LogP contribution is -2.45. The molecular weight excluding hydrogens is 226 g/mol. The van der Waals surface area contributed by atoms with E-state index in [1.54, 1.807) is 0 Å². The standard InChI is InChI=1S/C14H17N3O/c18-14(16-11-5-3-7-15-9-11)13-8-10-4-1-2-6-12(10)17-13/h1-2,4,6,8,11,15,17H,3,5,7,9H2,(H,16,18)/t11-/m0/s1. The van der Waals surface area contributed by atoms with E-state index in [1.165, 1.54) is 0 Å². The molecule has 0 aliphatic carbocycles. The number of benzene rings is 1. The Morgan fingerprint density at radius 3 is 3.00 bits per heavy atom. The highest BCUT2D eigenvalue weighted by Crippen LogP contribution is 2.14. The number of amides is 1. The maximum Gasteiger partial charge on any atom is 0.267 e. The Morgan fingerprint density at radius 2 is 2.22 bits per heavy atom. The number of para-hydroxylation sites is 1. The van der Waals surface area contributed by atoms with Gasteiger partial charge in [-0.15, -0.1) is 0 Å². The fraction of sp³-hybridized carbons (Fsp3) is 0.357. The van der Waals surface area contributed by atoms with E-state index in [0.29, 0.717) is 5.69 Å². The van der Waals surface area contributed by atoms with Crippen molar-refractivity contribution in [3.8, 4) is 0 Å². The normalized spacial score (nSPS) is 19.9. The van der Waals surface area contributed by atoms with Crippen molar-refractivity contribution >= 4 is 16.8 Å². The first-order valence-corrected chi connectivity index (χ1v) is 6.42. The average Bonchev–Trinajstić information content (AvgIpc) is 2.84. The summed E-state index contributed by atoms with van der Waals surface area (Å²) in [5.41, 5.74) is 1.64. The predicted octanol–water partition coefficient (Wildman–Crippen LogP) is 1.65. The van der Waals surface area contributed by atoms with E-state index in [0.717, 1.165) is 36.8 Å². The van der Waals surface area contributed by atoms with Crippen molar-refractivity contribution in [2.75, 3.05) is 13.1 Å². The van der Waals surface area contributed by atoms with Crippen LogP contribution in [0.5, 0.6) is 0 Å². The van der Waals surface area contributed by atoms with Gasteiger partial charge in [0, 0.05) is 23.5 Å². The smallest absolute Gasteiger partial charge is 0.267 e. The molecule has 1 saturated heterocycles. The summed E-state index contributed by atoms with van der Waals surface area (Å²) >= 11 is 0. The van der Waals surface area contributed by atoms with E-state index in [-0.39, 0.29) is 11.9 Å². The third-order valence-corrected chi connectivity index (χ3v) is 3.41. The summed E-state index contributed by atoms with van der Waals surface area (Å²) in [6, 6.07) is 10.1. The summed E-state index contributed by atoms with van der Waals surface area (Å²) in [6.07, 6.45) is 2.18. The molecule has 0 spiro atoms. The molecule has 0 bridgehead atoms. The van der Waals surface area contributed by atoms with Gasteiger partial charge in [0.15, 0.2) is 0 Å². The van der Waals surface area contributed by atoms with Crippen molar-refractivity contribution in [2.24, 2.45) is 0 Å². The third-order valence-electron chi connectivity index (χ3n) is 3.41. The number of fused-ring (bicyclic) bond motifs is 1. The molecule has 0 saturated carbocycles. The van der Waals surface area contributed by atoms with E-state index in [4.69, 9.17) is 0 Å². The molecular formula is C14H17N3O. The van der Waals surface area contributed by atoms with E-state index < -0.39 is 0 Å². The summed E-state index contributed by atoms with van der Waals surface area (Å²) in [5.74, 6) is -0.0140. The molecule has 0 radical (unpaired) electrons. The van der Waals surface area contributed by atoms with Crippen molar-refractivity contribution in [3.63, 3.8) is 0 Å². The Labute approximate surface area is 106 Å². The Bertz CT molecular complexity index is 522. The highest BCUT2D eigenvalue weighted by molar-refractivity contribution is 5.98. The van der Waals surface area contributed by atoms with Gasteiger partial charge in [-0.3, -0.25) is 4.79 Å². The minimum absolute atomic E-state index is 0.0140. The van der Waals surface area contributed by atoms with Gasteiger partial charge in [-0.1, -0.05) is 18.2 Å². The zero-order valence-corrected chi connectivity index (χ0v) is 10.2. The number of nitrogens with one attached hydrogen (secondary N) is 3. The monoisotopic (exact) mass is 243 g/mol. The van der Waals surface area contributed by atoms with Crippen LogP contribution in [-0.2, 0) is 0 Å². The van der Waals surface area contributed by atoms with Gasteiger partial charge in [-0.25, -0.2) is 0 Å². The molecule has 4 nitrogen and oxygen atoms in total. The molecule has 3 rings (SSSR count). The second kappa shape index (κ2) is 4.82.